The summed E-state index contributed by atoms with van der Waals surface area (Å²) in [5.74, 6) is -0.590. The van der Waals surface area contributed by atoms with Crippen LogP contribution in [0.25, 0.3) is 0 Å². The fourth-order valence-electron chi connectivity index (χ4n) is 2.75. The number of amides is 1. The van der Waals surface area contributed by atoms with Crippen LogP contribution in [0.1, 0.15) is 50.7 Å². The van der Waals surface area contributed by atoms with Crippen molar-refractivity contribution in [2.75, 3.05) is 6.61 Å². The first-order chi connectivity index (χ1) is 10.6. The molecule has 0 bridgehead atoms. The number of carbonyl (C=O) groups excluding carboxylic acids is 1. The van der Waals surface area contributed by atoms with E-state index < -0.39 is 12.1 Å². The van der Waals surface area contributed by atoms with Gasteiger partial charge in [0.1, 0.15) is 12.4 Å². The number of aliphatic hydroxyl groups excluding tert-OH is 1. The van der Waals surface area contributed by atoms with Crippen LogP contribution in [0.2, 0.25) is 0 Å². The van der Waals surface area contributed by atoms with Gasteiger partial charge >= 0.3 is 0 Å². The van der Waals surface area contributed by atoms with Crippen LogP contribution >= 0.6 is 0 Å². The molecule has 122 valence electrons. The van der Waals surface area contributed by atoms with Crippen molar-refractivity contribution in [2.45, 2.75) is 57.3 Å². The van der Waals surface area contributed by atoms with Gasteiger partial charge in [-0.2, -0.15) is 0 Å². The molecule has 2 N–H and O–H groups in total. The van der Waals surface area contributed by atoms with Gasteiger partial charge in [0.2, 0.25) is 5.91 Å². The van der Waals surface area contributed by atoms with Crippen LogP contribution in [0, 0.1) is 5.82 Å². The van der Waals surface area contributed by atoms with Crippen molar-refractivity contribution >= 4 is 5.91 Å². The third-order valence-electron chi connectivity index (χ3n) is 4.08. The zero-order chi connectivity index (χ0) is 15.9. The van der Waals surface area contributed by atoms with Gasteiger partial charge in [-0.05, 0) is 37.5 Å². The number of hydrogen-bond acceptors (Lipinski definition) is 3. The summed E-state index contributed by atoms with van der Waals surface area (Å²) in [5, 5.41) is 12.9. The molecule has 1 fully saturated rings. The van der Waals surface area contributed by atoms with Crippen LogP contribution in [-0.2, 0) is 9.53 Å². The van der Waals surface area contributed by atoms with Gasteiger partial charge in [-0.3, -0.25) is 4.79 Å². The number of carbonyl (C=O) groups is 1. The standard InChI is InChI=1S/C17H24FNO3/c1-12(17(21)13-7-9-14(18)10-8-13)19-16(20)11-22-15-5-3-2-4-6-15/h7-10,12,15,17,21H,2-6,11H2,1H3,(H,19,20)/t12-,17-/m1/s1. The van der Waals surface area contributed by atoms with Crippen molar-refractivity contribution in [3.63, 3.8) is 0 Å². The van der Waals surface area contributed by atoms with E-state index >= 15 is 0 Å². The minimum Gasteiger partial charge on any atom is -0.386 e. The zero-order valence-electron chi connectivity index (χ0n) is 12.9. The van der Waals surface area contributed by atoms with Crippen LogP contribution in [0.3, 0.4) is 0 Å². The second kappa shape index (κ2) is 8.25. The Labute approximate surface area is 130 Å². The number of rotatable bonds is 6. The van der Waals surface area contributed by atoms with E-state index in [1.807, 2.05) is 0 Å². The number of ether oxygens (including phenoxy) is 1. The van der Waals surface area contributed by atoms with Crippen molar-refractivity contribution in [2.24, 2.45) is 0 Å². The highest BCUT2D eigenvalue weighted by molar-refractivity contribution is 5.77. The Morgan fingerprint density at radius 2 is 1.95 bits per heavy atom. The van der Waals surface area contributed by atoms with Crippen LogP contribution < -0.4 is 5.32 Å². The summed E-state index contributed by atoms with van der Waals surface area (Å²) in [6, 6.07) is 5.15. The number of aliphatic hydroxyl groups is 1. The fraction of sp³-hybridized carbons (Fsp3) is 0.588. The van der Waals surface area contributed by atoms with Crippen molar-refractivity contribution < 1.29 is 19.0 Å². The van der Waals surface area contributed by atoms with Crippen LogP contribution in [0.15, 0.2) is 24.3 Å². The van der Waals surface area contributed by atoms with E-state index in [0.29, 0.717) is 5.56 Å². The fourth-order valence-corrected chi connectivity index (χ4v) is 2.75. The smallest absolute Gasteiger partial charge is 0.246 e. The molecule has 0 unspecified atom stereocenters. The topological polar surface area (TPSA) is 58.6 Å². The summed E-state index contributed by atoms with van der Waals surface area (Å²) in [4.78, 5) is 11.9. The average molecular weight is 309 g/mol. The summed E-state index contributed by atoms with van der Waals surface area (Å²) in [5.41, 5.74) is 0.572. The van der Waals surface area contributed by atoms with Crippen LogP contribution in [-0.4, -0.2) is 29.8 Å². The highest BCUT2D eigenvalue weighted by Gasteiger charge is 2.20. The Bertz CT molecular complexity index is 471. The highest BCUT2D eigenvalue weighted by Crippen LogP contribution is 2.20. The van der Waals surface area contributed by atoms with E-state index in [9.17, 15) is 14.3 Å². The van der Waals surface area contributed by atoms with Crippen molar-refractivity contribution in [1.29, 1.82) is 0 Å². The Hall–Kier alpha value is -1.46. The molecule has 0 radical (unpaired) electrons. The van der Waals surface area contributed by atoms with E-state index in [2.05, 4.69) is 5.32 Å². The minimum atomic E-state index is -0.876. The van der Waals surface area contributed by atoms with E-state index in [0.717, 1.165) is 25.7 Å². The Morgan fingerprint density at radius 3 is 2.59 bits per heavy atom. The lowest BCUT2D eigenvalue weighted by molar-refractivity contribution is -0.129. The predicted octanol–water partition coefficient (Wildman–Crippen LogP) is 2.71. The van der Waals surface area contributed by atoms with E-state index in [-0.39, 0.29) is 24.4 Å². The number of hydrogen-bond donors (Lipinski definition) is 2. The second-order valence-electron chi connectivity index (χ2n) is 5.92. The second-order valence-corrected chi connectivity index (χ2v) is 5.92. The first-order valence-corrected chi connectivity index (χ1v) is 7.91. The Kier molecular flexibility index (Phi) is 6.34. The normalized spacial score (nSPS) is 18.7. The van der Waals surface area contributed by atoms with Gasteiger partial charge in [0.15, 0.2) is 0 Å². The predicted molar refractivity (Wildman–Crippen MR) is 81.8 cm³/mol. The molecule has 1 aliphatic rings. The number of halogens is 1. The lowest BCUT2D eigenvalue weighted by atomic mass is 9.98. The molecule has 1 aromatic rings. The largest absolute Gasteiger partial charge is 0.386 e. The molecule has 0 heterocycles. The first kappa shape index (κ1) is 16.9. The lowest BCUT2D eigenvalue weighted by Gasteiger charge is -2.23. The van der Waals surface area contributed by atoms with Gasteiger partial charge in [0, 0.05) is 0 Å². The van der Waals surface area contributed by atoms with Gasteiger partial charge in [0.05, 0.1) is 18.2 Å². The maximum absolute atomic E-state index is 12.9. The summed E-state index contributed by atoms with van der Waals surface area (Å²) in [6.45, 7) is 1.73. The molecule has 1 saturated carbocycles. The first-order valence-electron chi connectivity index (χ1n) is 7.91. The average Bonchev–Trinajstić information content (AvgIpc) is 2.54. The third kappa shape index (κ3) is 5.07. The van der Waals surface area contributed by atoms with Gasteiger partial charge in [-0.1, -0.05) is 31.4 Å². The van der Waals surface area contributed by atoms with E-state index in [1.165, 1.54) is 30.7 Å². The number of nitrogens with one attached hydrogen (secondary N) is 1. The highest BCUT2D eigenvalue weighted by atomic mass is 19.1. The van der Waals surface area contributed by atoms with E-state index in [4.69, 9.17) is 4.74 Å². The minimum absolute atomic E-state index is 0.0190. The summed E-state index contributed by atoms with van der Waals surface area (Å²) < 4.78 is 18.5. The molecular weight excluding hydrogens is 285 g/mol. The maximum Gasteiger partial charge on any atom is 0.246 e. The lowest BCUT2D eigenvalue weighted by Crippen LogP contribution is -2.39. The summed E-state index contributed by atoms with van der Waals surface area (Å²) in [6.07, 6.45) is 4.89. The molecule has 0 aromatic heterocycles. The molecular formula is C17H24FNO3. The van der Waals surface area contributed by atoms with Crippen molar-refractivity contribution in [3.8, 4) is 0 Å². The molecule has 22 heavy (non-hydrogen) atoms. The molecule has 0 spiro atoms. The van der Waals surface area contributed by atoms with Gasteiger partial charge < -0.3 is 15.2 Å². The third-order valence-corrected chi connectivity index (χ3v) is 4.08. The van der Waals surface area contributed by atoms with Crippen molar-refractivity contribution in [1.82, 2.24) is 5.32 Å². The molecule has 2 rings (SSSR count). The van der Waals surface area contributed by atoms with Crippen LogP contribution in [0.4, 0.5) is 4.39 Å². The molecule has 4 nitrogen and oxygen atoms in total. The van der Waals surface area contributed by atoms with Crippen molar-refractivity contribution in [3.05, 3.63) is 35.6 Å². The van der Waals surface area contributed by atoms with Crippen LogP contribution in [0.5, 0.6) is 0 Å². The molecule has 1 aliphatic carbocycles. The monoisotopic (exact) mass is 309 g/mol. The SMILES string of the molecule is C[C@@H](NC(=O)COC1CCCCC1)[C@@H](O)c1ccc(F)cc1. The molecule has 1 aromatic carbocycles. The van der Waals surface area contributed by atoms with E-state index in [1.54, 1.807) is 6.92 Å². The maximum atomic E-state index is 12.9. The summed E-state index contributed by atoms with van der Waals surface area (Å²) >= 11 is 0. The van der Waals surface area contributed by atoms with Gasteiger partial charge in [-0.25, -0.2) is 4.39 Å². The van der Waals surface area contributed by atoms with Gasteiger partial charge in [0.25, 0.3) is 0 Å². The number of benzene rings is 1. The molecule has 0 aliphatic heterocycles. The molecule has 5 heteroatoms. The Balaban J connectivity index is 1.76. The quantitative estimate of drug-likeness (QED) is 0.849. The molecule has 2 atom stereocenters. The Morgan fingerprint density at radius 1 is 1.32 bits per heavy atom. The summed E-state index contributed by atoms with van der Waals surface area (Å²) in [7, 11) is 0. The van der Waals surface area contributed by atoms with Gasteiger partial charge in [-0.15, -0.1) is 0 Å². The molecule has 1 amide bonds. The molecule has 0 saturated heterocycles. The zero-order valence-corrected chi connectivity index (χ0v) is 12.9.